The molecular formula is C20H21BrN4O4. The highest BCUT2D eigenvalue weighted by molar-refractivity contribution is 9.10. The summed E-state index contributed by atoms with van der Waals surface area (Å²) in [5.41, 5.74) is 4.40. The molecule has 0 aliphatic carbocycles. The fourth-order valence-electron chi connectivity index (χ4n) is 2.31. The number of nitrogens with one attached hydrogen (secondary N) is 3. The molecule has 0 heterocycles. The molecule has 0 unspecified atom stereocenters. The summed E-state index contributed by atoms with van der Waals surface area (Å²) < 4.78 is 6.06. The number of carbonyl (C=O) groups excluding carboxylic acids is 3. The molecule has 0 saturated heterocycles. The maximum absolute atomic E-state index is 12.1. The topological polar surface area (TPSA) is 109 Å². The Bertz CT molecular complexity index is 942. The van der Waals surface area contributed by atoms with E-state index in [0.29, 0.717) is 22.8 Å². The number of hydrogen-bond acceptors (Lipinski definition) is 5. The van der Waals surface area contributed by atoms with Gasteiger partial charge in [0.2, 0.25) is 5.91 Å². The zero-order valence-corrected chi connectivity index (χ0v) is 17.8. The van der Waals surface area contributed by atoms with Gasteiger partial charge in [0.25, 0.3) is 0 Å². The van der Waals surface area contributed by atoms with Crippen molar-refractivity contribution >= 4 is 50.7 Å². The van der Waals surface area contributed by atoms with Crippen molar-refractivity contribution in [3.63, 3.8) is 0 Å². The van der Waals surface area contributed by atoms with E-state index in [2.05, 4.69) is 37.1 Å². The van der Waals surface area contributed by atoms with E-state index in [0.717, 1.165) is 10.0 Å². The van der Waals surface area contributed by atoms with Gasteiger partial charge in [0, 0.05) is 15.9 Å². The minimum atomic E-state index is -0.957. The van der Waals surface area contributed by atoms with Crippen molar-refractivity contribution < 1.29 is 19.1 Å². The molecule has 0 radical (unpaired) electrons. The standard InChI is InChI=1S/C20H21BrN4O4/c1-12-4-9-17(29-3)16(10-12)23-19(27)20(28)25-24-13(2)11-18(26)22-15-7-5-14(21)6-8-15/h4-10H,11H2,1-3H3,(H,22,26)(H,23,27)(H,25,28). The first-order valence-electron chi connectivity index (χ1n) is 8.63. The molecule has 2 aromatic carbocycles. The van der Waals surface area contributed by atoms with Gasteiger partial charge < -0.3 is 15.4 Å². The Hall–Kier alpha value is -3.20. The molecule has 9 heteroatoms. The van der Waals surface area contributed by atoms with E-state index in [1.54, 1.807) is 43.3 Å². The summed E-state index contributed by atoms with van der Waals surface area (Å²) >= 11 is 3.32. The molecule has 2 rings (SSSR count). The minimum absolute atomic E-state index is 0.0380. The fraction of sp³-hybridized carbons (Fsp3) is 0.200. The van der Waals surface area contributed by atoms with Gasteiger partial charge in [-0.2, -0.15) is 5.10 Å². The van der Waals surface area contributed by atoms with E-state index in [-0.39, 0.29) is 12.3 Å². The quantitative estimate of drug-likeness (QED) is 0.349. The molecule has 0 saturated carbocycles. The van der Waals surface area contributed by atoms with Gasteiger partial charge in [-0.1, -0.05) is 22.0 Å². The summed E-state index contributed by atoms with van der Waals surface area (Å²) in [4.78, 5) is 36.1. The maximum atomic E-state index is 12.1. The molecule has 152 valence electrons. The van der Waals surface area contributed by atoms with Crippen LogP contribution in [0.25, 0.3) is 0 Å². The van der Waals surface area contributed by atoms with Crippen LogP contribution in [-0.2, 0) is 14.4 Å². The van der Waals surface area contributed by atoms with E-state index in [9.17, 15) is 14.4 Å². The van der Waals surface area contributed by atoms with Gasteiger partial charge in [0.1, 0.15) is 5.75 Å². The molecular weight excluding hydrogens is 440 g/mol. The Morgan fingerprint density at radius 3 is 2.38 bits per heavy atom. The first-order chi connectivity index (χ1) is 13.8. The molecule has 0 aliphatic heterocycles. The van der Waals surface area contributed by atoms with E-state index in [4.69, 9.17) is 4.74 Å². The van der Waals surface area contributed by atoms with Crippen molar-refractivity contribution in [2.45, 2.75) is 20.3 Å². The monoisotopic (exact) mass is 460 g/mol. The number of methoxy groups -OCH3 is 1. The highest BCUT2D eigenvalue weighted by Gasteiger charge is 2.16. The number of carbonyl (C=O) groups is 3. The summed E-state index contributed by atoms with van der Waals surface area (Å²) in [6.45, 7) is 3.42. The van der Waals surface area contributed by atoms with Crippen molar-refractivity contribution in [2.24, 2.45) is 5.10 Å². The number of hydrogen-bond donors (Lipinski definition) is 3. The van der Waals surface area contributed by atoms with E-state index in [1.165, 1.54) is 7.11 Å². The Balaban J connectivity index is 1.88. The molecule has 0 aromatic heterocycles. The Morgan fingerprint density at radius 2 is 1.72 bits per heavy atom. The van der Waals surface area contributed by atoms with Gasteiger partial charge in [0.15, 0.2) is 0 Å². The molecule has 0 atom stereocenters. The molecule has 3 N–H and O–H groups in total. The normalized spacial score (nSPS) is 10.8. The number of amides is 3. The second-order valence-corrected chi connectivity index (χ2v) is 7.09. The highest BCUT2D eigenvalue weighted by atomic mass is 79.9. The molecule has 0 spiro atoms. The number of ether oxygens (including phenoxy) is 1. The zero-order valence-electron chi connectivity index (χ0n) is 16.2. The molecule has 0 aliphatic rings. The van der Waals surface area contributed by atoms with Gasteiger partial charge in [-0.15, -0.1) is 0 Å². The average molecular weight is 461 g/mol. The maximum Gasteiger partial charge on any atom is 0.329 e. The molecule has 3 amide bonds. The largest absolute Gasteiger partial charge is 0.495 e. The van der Waals surface area contributed by atoms with Crippen LogP contribution in [0.15, 0.2) is 52.0 Å². The molecule has 0 fully saturated rings. The number of aryl methyl sites for hydroxylation is 1. The minimum Gasteiger partial charge on any atom is -0.495 e. The summed E-state index contributed by atoms with van der Waals surface area (Å²) in [5.74, 6) is -1.72. The first kappa shape index (κ1) is 22.1. The molecule has 2 aromatic rings. The predicted octanol–water partition coefficient (Wildman–Crippen LogP) is 3.23. The van der Waals surface area contributed by atoms with Gasteiger partial charge in [-0.25, -0.2) is 5.43 Å². The summed E-state index contributed by atoms with van der Waals surface area (Å²) in [6, 6.07) is 12.3. The van der Waals surface area contributed by atoms with Crippen molar-refractivity contribution in [1.29, 1.82) is 0 Å². The SMILES string of the molecule is COc1ccc(C)cc1NC(=O)C(=O)NN=C(C)CC(=O)Nc1ccc(Br)cc1. The van der Waals surface area contributed by atoms with Crippen molar-refractivity contribution in [1.82, 2.24) is 5.43 Å². The number of anilines is 2. The van der Waals surface area contributed by atoms with E-state index in [1.807, 2.05) is 13.0 Å². The van der Waals surface area contributed by atoms with Gasteiger partial charge in [-0.05, 0) is 55.8 Å². The van der Waals surface area contributed by atoms with Crippen molar-refractivity contribution in [3.8, 4) is 5.75 Å². The third-order valence-electron chi connectivity index (χ3n) is 3.70. The van der Waals surface area contributed by atoms with Gasteiger partial charge >= 0.3 is 11.8 Å². The van der Waals surface area contributed by atoms with Crippen LogP contribution in [0.4, 0.5) is 11.4 Å². The second kappa shape index (κ2) is 10.4. The Kier molecular flexibility index (Phi) is 7.90. The van der Waals surface area contributed by atoms with Crippen LogP contribution in [0.1, 0.15) is 18.9 Å². The van der Waals surface area contributed by atoms with E-state index >= 15 is 0 Å². The first-order valence-corrected chi connectivity index (χ1v) is 9.42. The lowest BCUT2D eigenvalue weighted by Crippen LogP contribution is -2.33. The number of halogens is 1. The lowest BCUT2D eigenvalue weighted by Gasteiger charge is -2.10. The van der Waals surface area contributed by atoms with Crippen LogP contribution in [0, 0.1) is 6.92 Å². The van der Waals surface area contributed by atoms with Crippen LogP contribution in [0.5, 0.6) is 5.75 Å². The van der Waals surface area contributed by atoms with Gasteiger partial charge in [-0.3, -0.25) is 14.4 Å². The molecule has 29 heavy (non-hydrogen) atoms. The van der Waals surface area contributed by atoms with Crippen molar-refractivity contribution in [2.75, 3.05) is 17.7 Å². The number of hydrazone groups is 1. The lowest BCUT2D eigenvalue weighted by atomic mass is 10.2. The fourth-order valence-corrected chi connectivity index (χ4v) is 2.57. The number of rotatable bonds is 6. The van der Waals surface area contributed by atoms with Crippen LogP contribution in [0.2, 0.25) is 0 Å². The smallest absolute Gasteiger partial charge is 0.329 e. The third-order valence-corrected chi connectivity index (χ3v) is 4.23. The van der Waals surface area contributed by atoms with Crippen LogP contribution >= 0.6 is 15.9 Å². The van der Waals surface area contributed by atoms with Gasteiger partial charge in [0.05, 0.1) is 19.2 Å². The van der Waals surface area contributed by atoms with Crippen LogP contribution < -0.4 is 20.8 Å². The Labute approximate surface area is 176 Å². The predicted molar refractivity (Wildman–Crippen MR) is 115 cm³/mol. The molecule has 8 nitrogen and oxygen atoms in total. The second-order valence-electron chi connectivity index (χ2n) is 6.18. The lowest BCUT2D eigenvalue weighted by molar-refractivity contribution is -0.136. The summed E-state index contributed by atoms with van der Waals surface area (Å²) in [5, 5.41) is 8.99. The average Bonchev–Trinajstić information content (AvgIpc) is 2.68. The Morgan fingerprint density at radius 1 is 1.03 bits per heavy atom. The number of benzene rings is 2. The van der Waals surface area contributed by atoms with Crippen molar-refractivity contribution in [3.05, 3.63) is 52.5 Å². The third kappa shape index (κ3) is 7.04. The van der Waals surface area contributed by atoms with Crippen LogP contribution in [-0.4, -0.2) is 30.5 Å². The highest BCUT2D eigenvalue weighted by Crippen LogP contribution is 2.25. The summed E-state index contributed by atoms with van der Waals surface area (Å²) in [7, 11) is 1.47. The van der Waals surface area contributed by atoms with Crippen LogP contribution in [0.3, 0.4) is 0 Å². The van der Waals surface area contributed by atoms with E-state index < -0.39 is 11.8 Å². The number of nitrogens with zero attached hydrogens (tertiary/aromatic N) is 1. The summed E-state index contributed by atoms with van der Waals surface area (Å²) in [6.07, 6.45) is -0.0380. The molecule has 0 bridgehead atoms. The zero-order chi connectivity index (χ0) is 21.4.